The molecule has 2 amide bonds. The SMILES string of the molecule is CN(C)CCCN1C(=O)N=C(Cc2c[nH]c3ccccc23)C1CCc1cc(C(F)(F)F)cc(C(F)(F)F)c1. The summed E-state index contributed by atoms with van der Waals surface area (Å²) < 4.78 is 80.1. The maximum absolute atomic E-state index is 13.4. The fourth-order valence-corrected chi connectivity index (χ4v) is 4.80. The summed E-state index contributed by atoms with van der Waals surface area (Å²) in [6.45, 7) is 1.08. The Bertz CT molecular complexity index is 1290. The highest BCUT2D eigenvalue weighted by molar-refractivity contribution is 6.06. The minimum atomic E-state index is -4.92. The zero-order valence-electron chi connectivity index (χ0n) is 21.0. The van der Waals surface area contributed by atoms with Gasteiger partial charge in [-0.1, -0.05) is 18.2 Å². The largest absolute Gasteiger partial charge is 0.416 e. The number of para-hydroxylation sites is 1. The molecule has 0 saturated carbocycles. The van der Waals surface area contributed by atoms with Crippen molar-refractivity contribution in [3.8, 4) is 0 Å². The van der Waals surface area contributed by atoms with Crippen LogP contribution in [0.2, 0.25) is 0 Å². The number of aromatic amines is 1. The fourth-order valence-electron chi connectivity index (χ4n) is 4.80. The molecule has 11 heteroatoms. The van der Waals surface area contributed by atoms with Crippen molar-refractivity contribution in [2.45, 2.75) is 44.1 Å². The molecule has 1 atom stereocenters. The van der Waals surface area contributed by atoms with E-state index in [2.05, 4.69) is 9.98 Å². The second kappa shape index (κ2) is 10.8. The molecule has 3 aromatic rings. The summed E-state index contributed by atoms with van der Waals surface area (Å²) in [4.78, 5) is 23.8. The molecule has 0 fully saturated rings. The molecule has 1 aliphatic heterocycles. The van der Waals surface area contributed by atoms with Gasteiger partial charge < -0.3 is 14.8 Å². The van der Waals surface area contributed by atoms with Crippen LogP contribution in [0.5, 0.6) is 0 Å². The Hall–Kier alpha value is -3.34. The third kappa shape index (κ3) is 6.38. The van der Waals surface area contributed by atoms with Crippen LogP contribution >= 0.6 is 0 Å². The van der Waals surface area contributed by atoms with Crippen LogP contribution in [0.3, 0.4) is 0 Å². The number of carbonyl (C=O) groups excluding carboxylic acids is 1. The van der Waals surface area contributed by atoms with Gasteiger partial charge in [0.25, 0.3) is 0 Å². The average Bonchev–Trinajstić information content (AvgIpc) is 3.37. The molecule has 1 aromatic heterocycles. The Morgan fingerprint density at radius 2 is 1.66 bits per heavy atom. The fraction of sp³-hybridized carbons (Fsp3) is 0.407. The van der Waals surface area contributed by atoms with Gasteiger partial charge >= 0.3 is 18.4 Å². The van der Waals surface area contributed by atoms with Crippen molar-refractivity contribution >= 4 is 22.6 Å². The zero-order chi connectivity index (χ0) is 27.7. The van der Waals surface area contributed by atoms with Gasteiger partial charge in [0.05, 0.1) is 22.9 Å². The van der Waals surface area contributed by atoms with Crippen LogP contribution in [0.25, 0.3) is 10.9 Å². The molecule has 2 aromatic carbocycles. The average molecular weight is 539 g/mol. The number of aryl methyl sites for hydroxylation is 1. The number of amides is 2. The molecule has 4 rings (SSSR count). The van der Waals surface area contributed by atoms with Crippen LogP contribution in [-0.2, 0) is 25.2 Å². The predicted molar refractivity (Wildman–Crippen MR) is 133 cm³/mol. The topological polar surface area (TPSA) is 51.7 Å². The lowest BCUT2D eigenvalue weighted by Gasteiger charge is -2.26. The molecule has 2 heterocycles. The first kappa shape index (κ1) is 27.7. The van der Waals surface area contributed by atoms with Gasteiger partial charge in [-0.05, 0) is 75.3 Å². The van der Waals surface area contributed by atoms with Gasteiger partial charge in [0.1, 0.15) is 0 Å². The maximum Gasteiger partial charge on any atom is 0.416 e. The number of benzene rings is 2. The van der Waals surface area contributed by atoms with Gasteiger partial charge in [-0.25, -0.2) is 9.79 Å². The Morgan fingerprint density at radius 3 is 2.29 bits per heavy atom. The van der Waals surface area contributed by atoms with Crippen molar-refractivity contribution < 1.29 is 31.1 Å². The van der Waals surface area contributed by atoms with Crippen LogP contribution < -0.4 is 0 Å². The van der Waals surface area contributed by atoms with Crippen molar-refractivity contribution in [3.05, 3.63) is 70.9 Å². The first-order valence-corrected chi connectivity index (χ1v) is 12.2. The van der Waals surface area contributed by atoms with Gasteiger partial charge in [0, 0.05) is 30.1 Å². The molecular formula is C27H28F6N4O. The third-order valence-corrected chi connectivity index (χ3v) is 6.65. The lowest BCUT2D eigenvalue weighted by molar-refractivity contribution is -0.143. The summed E-state index contributed by atoms with van der Waals surface area (Å²) in [5, 5.41) is 0.958. The summed E-state index contributed by atoms with van der Waals surface area (Å²) >= 11 is 0. The molecule has 5 nitrogen and oxygen atoms in total. The molecule has 0 aliphatic carbocycles. The van der Waals surface area contributed by atoms with E-state index in [-0.39, 0.29) is 24.5 Å². The molecular weight excluding hydrogens is 510 g/mol. The van der Waals surface area contributed by atoms with Crippen molar-refractivity contribution in [1.29, 1.82) is 0 Å². The number of hydrogen-bond acceptors (Lipinski definition) is 2. The number of alkyl halides is 6. The third-order valence-electron chi connectivity index (χ3n) is 6.65. The Kier molecular flexibility index (Phi) is 7.87. The molecule has 1 unspecified atom stereocenters. The van der Waals surface area contributed by atoms with Crippen LogP contribution in [-0.4, -0.2) is 59.8 Å². The molecule has 0 bridgehead atoms. The number of urea groups is 1. The number of rotatable bonds is 9. The highest BCUT2D eigenvalue weighted by Gasteiger charge is 2.38. The summed E-state index contributed by atoms with van der Waals surface area (Å²) in [6, 6.07) is 8.27. The van der Waals surface area contributed by atoms with E-state index in [1.165, 1.54) is 0 Å². The zero-order valence-corrected chi connectivity index (χ0v) is 21.0. The highest BCUT2D eigenvalue weighted by Crippen LogP contribution is 2.37. The minimum Gasteiger partial charge on any atom is -0.361 e. The lowest BCUT2D eigenvalue weighted by atomic mass is 9.95. The van der Waals surface area contributed by atoms with E-state index in [1.54, 1.807) is 4.90 Å². The monoisotopic (exact) mass is 538 g/mol. The lowest BCUT2D eigenvalue weighted by Crippen LogP contribution is -2.40. The van der Waals surface area contributed by atoms with E-state index in [4.69, 9.17) is 0 Å². The molecule has 1 aliphatic rings. The van der Waals surface area contributed by atoms with Crippen molar-refractivity contribution in [3.63, 3.8) is 0 Å². The van der Waals surface area contributed by atoms with Gasteiger partial charge in [-0.15, -0.1) is 0 Å². The smallest absolute Gasteiger partial charge is 0.361 e. The van der Waals surface area contributed by atoms with Crippen molar-refractivity contribution in [2.75, 3.05) is 27.2 Å². The number of fused-ring (bicyclic) bond motifs is 1. The van der Waals surface area contributed by atoms with Crippen molar-refractivity contribution in [1.82, 2.24) is 14.8 Å². The van der Waals surface area contributed by atoms with E-state index in [0.717, 1.165) is 28.6 Å². The first-order valence-electron chi connectivity index (χ1n) is 12.2. The quantitative estimate of drug-likeness (QED) is 0.313. The van der Waals surface area contributed by atoms with Gasteiger partial charge in [0.2, 0.25) is 0 Å². The second-order valence-corrected chi connectivity index (χ2v) is 9.74. The van der Waals surface area contributed by atoms with Gasteiger partial charge in [-0.3, -0.25) is 0 Å². The van der Waals surface area contributed by atoms with E-state index < -0.39 is 35.6 Å². The number of nitrogens with zero attached hydrogens (tertiary/aromatic N) is 3. The second-order valence-electron chi connectivity index (χ2n) is 9.74. The number of aliphatic imine (C=N–C) groups is 1. The van der Waals surface area contributed by atoms with Crippen molar-refractivity contribution in [2.24, 2.45) is 4.99 Å². The predicted octanol–water partition coefficient (Wildman–Crippen LogP) is 6.58. The van der Waals surface area contributed by atoms with Crippen LogP contribution in [0.15, 0.2) is 53.7 Å². The van der Waals surface area contributed by atoms with Crippen LogP contribution in [0, 0.1) is 0 Å². The standard InChI is InChI=1S/C27H28F6N4O/c1-36(2)10-5-11-37-24(9-8-17-12-19(26(28,29)30)15-20(13-17)27(31,32)33)23(35-25(37)38)14-18-16-34-22-7-4-3-6-21(18)22/h3-4,6-7,12-13,15-16,24,34H,5,8-11,14H2,1-2H3. The number of carbonyl (C=O) groups is 1. The Morgan fingerprint density at radius 1 is 1.00 bits per heavy atom. The normalized spacial score (nSPS) is 16.7. The molecule has 0 spiro atoms. The number of H-pyrrole nitrogens is 1. The van der Waals surface area contributed by atoms with E-state index in [0.29, 0.717) is 31.6 Å². The number of halogens is 6. The van der Waals surface area contributed by atoms with Gasteiger partial charge in [0.15, 0.2) is 0 Å². The summed E-state index contributed by atoms with van der Waals surface area (Å²) in [6.07, 6.45) is -6.96. The number of hydrogen-bond donors (Lipinski definition) is 1. The van der Waals surface area contributed by atoms with E-state index in [9.17, 15) is 31.1 Å². The Balaban J connectivity index is 1.61. The highest BCUT2D eigenvalue weighted by atomic mass is 19.4. The maximum atomic E-state index is 13.4. The van der Waals surface area contributed by atoms with Crippen LogP contribution in [0.1, 0.15) is 35.1 Å². The van der Waals surface area contributed by atoms with Gasteiger partial charge in [-0.2, -0.15) is 26.3 Å². The summed E-state index contributed by atoms with van der Waals surface area (Å²) in [5.41, 5.74) is -0.416. The van der Waals surface area contributed by atoms with Crippen LogP contribution in [0.4, 0.5) is 31.1 Å². The molecule has 38 heavy (non-hydrogen) atoms. The minimum absolute atomic E-state index is 0.0813. The Labute approximate surface area is 216 Å². The number of aromatic nitrogens is 1. The molecule has 1 N–H and O–H groups in total. The molecule has 0 radical (unpaired) electrons. The first-order chi connectivity index (χ1) is 17.8. The van der Waals surface area contributed by atoms with E-state index in [1.807, 2.05) is 49.5 Å². The summed E-state index contributed by atoms with van der Waals surface area (Å²) in [7, 11) is 3.79. The summed E-state index contributed by atoms with van der Waals surface area (Å²) in [5.74, 6) is 0. The van der Waals surface area contributed by atoms with E-state index >= 15 is 0 Å². The number of nitrogens with one attached hydrogen (secondary N) is 1. The molecule has 204 valence electrons. The molecule has 0 saturated heterocycles.